The van der Waals surface area contributed by atoms with Gasteiger partial charge in [0.1, 0.15) is 5.54 Å². The largest absolute Gasteiger partial charge is 0.337 e. The highest BCUT2D eigenvalue weighted by Crippen LogP contribution is 2.23. The molecule has 27 heavy (non-hydrogen) atoms. The first-order valence-corrected chi connectivity index (χ1v) is 9.61. The number of hydrogen-bond donors (Lipinski definition) is 1. The summed E-state index contributed by atoms with van der Waals surface area (Å²) < 4.78 is 0. The highest BCUT2D eigenvalue weighted by molar-refractivity contribution is 6.36. The zero-order valence-electron chi connectivity index (χ0n) is 15.8. The minimum atomic E-state index is -0.889. The zero-order chi connectivity index (χ0) is 20.2. The molecule has 6 nitrogen and oxygen atoms in total. The van der Waals surface area contributed by atoms with Gasteiger partial charge in [0.25, 0.3) is 5.91 Å². The summed E-state index contributed by atoms with van der Waals surface area (Å²) in [6.07, 6.45) is 0. The molecule has 1 aromatic carbocycles. The summed E-state index contributed by atoms with van der Waals surface area (Å²) in [5.74, 6) is -0.323. The fourth-order valence-corrected chi connectivity index (χ4v) is 3.27. The first-order chi connectivity index (χ1) is 12.7. The summed E-state index contributed by atoms with van der Waals surface area (Å²) >= 11 is 12.0. The second-order valence-electron chi connectivity index (χ2n) is 7.21. The molecular formula is C19H24Cl2N4O2. The SMILES string of the molecule is CC(C)C(C)(C#N)NC(=O)CN1CCN(C(=O)c2ccc(Cl)cc2Cl)CC1. The first-order valence-electron chi connectivity index (χ1n) is 8.85. The maximum absolute atomic E-state index is 12.6. The van der Waals surface area contributed by atoms with Crippen LogP contribution in [-0.2, 0) is 4.79 Å². The molecule has 1 saturated heterocycles. The Labute approximate surface area is 170 Å². The number of nitrogens with one attached hydrogen (secondary N) is 1. The van der Waals surface area contributed by atoms with E-state index in [0.29, 0.717) is 41.8 Å². The molecule has 2 rings (SSSR count). The van der Waals surface area contributed by atoms with Crippen LogP contribution >= 0.6 is 23.2 Å². The Hall–Kier alpha value is -1.81. The number of halogens is 2. The van der Waals surface area contributed by atoms with Crippen LogP contribution < -0.4 is 5.32 Å². The molecule has 1 fully saturated rings. The van der Waals surface area contributed by atoms with Crippen molar-refractivity contribution in [3.05, 3.63) is 33.8 Å². The van der Waals surface area contributed by atoms with E-state index in [1.807, 2.05) is 18.7 Å². The second kappa shape index (κ2) is 8.92. The summed E-state index contributed by atoms with van der Waals surface area (Å²) in [5.41, 5.74) is -0.464. The maximum atomic E-state index is 12.6. The second-order valence-corrected chi connectivity index (χ2v) is 8.05. The Morgan fingerprint density at radius 3 is 2.41 bits per heavy atom. The van der Waals surface area contributed by atoms with Gasteiger partial charge in [-0.3, -0.25) is 14.5 Å². The number of carbonyl (C=O) groups is 2. The fourth-order valence-electron chi connectivity index (χ4n) is 2.78. The Morgan fingerprint density at radius 1 is 1.26 bits per heavy atom. The number of amides is 2. The van der Waals surface area contributed by atoms with Gasteiger partial charge in [-0.1, -0.05) is 37.0 Å². The van der Waals surface area contributed by atoms with Crippen LogP contribution in [0.5, 0.6) is 0 Å². The van der Waals surface area contributed by atoms with Crippen LogP contribution in [0.15, 0.2) is 18.2 Å². The van der Waals surface area contributed by atoms with Crippen molar-refractivity contribution >= 4 is 35.0 Å². The highest BCUT2D eigenvalue weighted by atomic mass is 35.5. The summed E-state index contributed by atoms with van der Waals surface area (Å²) in [5, 5.41) is 12.9. The van der Waals surface area contributed by atoms with Crippen molar-refractivity contribution in [2.75, 3.05) is 32.7 Å². The van der Waals surface area contributed by atoms with Crippen LogP contribution in [0, 0.1) is 17.2 Å². The van der Waals surface area contributed by atoms with E-state index < -0.39 is 5.54 Å². The van der Waals surface area contributed by atoms with E-state index in [1.54, 1.807) is 30.0 Å². The predicted octanol–water partition coefficient (Wildman–Crippen LogP) is 2.81. The summed E-state index contributed by atoms with van der Waals surface area (Å²) in [6, 6.07) is 6.99. The van der Waals surface area contributed by atoms with Crippen molar-refractivity contribution in [1.29, 1.82) is 5.26 Å². The third-order valence-electron chi connectivity index (χ3n) is 4.97. The van der Waals surface area contributed by atoms with Crippen LogP contribution in [0.1, 0.15) is 31.1 Å². The van der Waals surface area contributed by atoms with Crippen LogP contribution in [0.25, 0.3) is 0 Å². The van der Waals surface area contributed by atoms with E-state index in [1.165, 1.54) is 0 Å². The van der Waals surface area contributed by atoms with Crippen LogP contribution in [0.4, 0.5) is 0 Å². The van der Waals surface area contributed by atoms with Crippen molar-refractivity contribution in [2.24, 2.45) is 5.92 Å². The molecule has 0 radical (unpaired) electrons. The van der Waals surface area contributed by atoms with Gasteiger partial charge in [-0.05, 0) is 31.0 Å². The average molecular weight is 411 g/mol. The highest BCUT2D eigenvalue weighted by Gasteiger charge is 2.31. The molecule has 1 aliphatic heterocycles. The lowest BCUT2D eigenvalue weighted by atomic mass is 9.90. The van der Waals surface area contributed by atoms with Crippen LogP contribution in [-0.4, -0.2) is 59.9 Å². The van der Waals surface area contributed by atoms with Gasteiger partial charge in [-0.25, -0.2) is 0 Å². The molecule has 0 aliphatic carbocycles. The number of nitriles is 1. The number of benzene rings is 1. The molecule has 1 aliphatic rings. The lowest BCUT2D eigenvalue weighted by Crippen LogP contribution is -2.55. The van der Waals surface area contributed by atoms with Gasteiger partial charge >= 0.3 is 0 Å². The predicted molar refractivity (Wildman–Crippen MR) is 106 cm³/mol. The molecule has 8 heteroatoms. The Bertz CT molecular complexity index is 755. The fraction of sp³-hybridized carbons (Fsp3) is 0.526. The van der Waals surface area contributed by atoms with Crippen molar-refractivity contribution in [1.82, 2.24) is 15.1 Å². The zero-order valence-corrected chi connectivity index (χ0v) is 17.3. The number of carbonyl (C=O) groups excluding carboxylic acids is 2. The van der Waals surface area contributed by atoms with Crippen LogP contribution in [0.2, 0.25) is 10.0 Å². The van der Waals surface area contributed by atoms with Crippen molar-refractivity contribution in [3.8, 4) is 6.07 Å². The van der Waals surface area contributed by atoms with Gasteiger partial charge in [0, 0.05) is 31.2 Å². The smallest absolute Gasteiger partial charge is 0.255 e. The minimum absolute atomic E-state index is 0.00467. The summed E-state index contributed by atoms with van der Waals surface area (Å²) in [7, 11) is 0. The van der Waals surface area contributed by atoms with Gasteiger partial charge in [0.05, 0.1) is 23.2 Å². The van der Waals surface area contributed by atoms with Gasteiger partial charge < -0.3 is 10.2 Å². The third kappa shape index (κ3) is 5.35. The summed E-state index contributed by atoms with van der Waals surface area (Å²) in [6.45, 7) is 7.89. The van der Waals surface area contributed by atoms with E-state index in [0.717, 1.165) is 0 Å². The van der Waals surface area contributed by atoms with Crippen molar-refractivity contribution in [3.63, 3.8) is 0 Å². The minimum Gasteiger partial charge on any atom is -0.337 e. The van der Waals surface area contributed by atoms with E-state index in [-0.39, 0.29) is 24.3 Å². The molecule has 1 atom stereocenters. The Kier molecular flexibility index (Phi) is 7.10. The molecule has 0 spiro atoms. The molecule has 2 amide bonds. The molecule has 0 bridgehead atoms. The topological polar surface area (TPSA) is 76.4 Å². The van der Waals surface area contributed by atoms with Gasteiger partial charge in [0.2, 0.25) is 5.91 Å². The molecule has 1 aromatic rings. The Morgan fingerprint density at radius 2 is 1.89 bits per heavy atom. The van der Waals surface area contributed by atoms with Crippen molar-refractivity contribution < 1.29 is 9.59 Å². The number of nitrogens with zero attached hydrogens (tertiary/aromatic N) is 3. The van der Waals surface area contributed by atoms with E-state index in [4.69, 9.17) is 23.2 Å². The Balaban J connectivity index is 1.89. The average Bonchev–Trinajstić information content (AvgIpc) is 2.61. The van der Waals surface area contributed by atoms with Gasteiger partial charge in [0.15, 0.2) is 0 Å². The molecular weight excluding hydrogens is 387 g/mol. The van der Waals surface area contributed by atoms with Crippen LogP contribution in [0.3, 0.4) is 0 Å². The lowest BCUT2D eigenvalue weighted by molar-refractivity contribution is -0.124. The first kappa shape index (κ1) is 21.5. The molecule has 1 unspecified atom stereocenters. The monoisotopic (exact) mass is 410 g/mol. The van der Waals surface area contributed by atoms with Gasteiger partial charge in [-0.2, -0.15) is 5.26 Å². The summed E-state index contributed by atoms with van der Waals surface area (Å²) in [4.78, 5) is 28.6. The molecule has 1 heterocycles. The maximum Gasteiger partial charge on any atom is 0.255 e. The van der Waals surface area contributed by atoms with E-state index >= 15 is 0 Å². The van der Waals surface area contributed by atoms with E-state index in [9.17, 15) is 14.9 Å². The number of rotatable bonds is 5. The third-order valence-corrected chi connectivity index (χ3v) is 5.52. The molecule has 146 valence electrons. The normalized spacial score (nSPS) is 17.3. The number of piperazine rings is 1. The number of hydrogen-bond acceptors (Lipinski definition) is 4. The molecule has 0 saturated carbocycles. The molecule has 1 N–H and O–H groups in total. The van der Waals surface area contributed by atoms with E-state index in [2.05, 4.69) is 11.4 Å². The quantitative estimate of drug-likeness (QED) is 0.809. The lowest BCUT2D eigenvalue weighted by Gasteiger charge is -2.35. The van der Waals surface area contributed by atoms with Crippen molar-refractivity contribution in [2.45, 2.75) is 26.3 Å². The standard InChI is InChI=1S/C19H24Cl2N4O2/c1-13(2)19(3,12-22)23-17(26)11-24-6-8-25(9-7-24)18(27)15-5-4-14(20)10-16(15)21/h4-5,10,13H,6-9,11H2,1-3H3,(H,23,26). The molecule has 0 aromatic heterocycles. The van der Waals surface area contributed by atoms with Gasteiger partial charge in [-0.15, -0.1) is 0 Å².